The van der Waals surface area contributed by atoms with Crippen LogP contribution in [0.15, 0.2) is 58.4 Å². The smallest absolute Gasteiger partial charge is 0.407 e. The van der Waals surface area contributed by atoms with Gasteiger partial charge < -0.3 is 87.3 Å². The molecule has 7 fully saturated rings. The number of fused-ring (bicyclic) bond motifs is 4. The van der Waals surface area contributed by atoms with Gasteiger partial charge in [0, 0.05) is 68.1 Å². The summed E-state index contributed by atoms with van der Waals surface area (Å²) in [7, 11) is 1.15. The van der Waals surface area contributed by atoms with E-state index < -0.39 is 210 Å². The first-order chi connectivity index (χ1) is 43.9. The third kappa shape index (κ3) is 14.0. The number of ketones is 1. The molecular weight excluding hydrogens is 1220 g/mol. The van der Waals surface area contributed by atoms with Crippen LogP contribution in [0.3, 0.4) is 0 Å². The molecule has 6 aliphatic heterocycles. The summed E-state index contributed by atoms with van der Waals surface area (Å²) in [6.45, 7) is 21.0. The SMILES string of the molecule is COC(=O)N[C@H]1[C@@H](C)O[C@@H](O[C@H]2C/C=C(\C)[C@@H]3C=C[C@@H]4[C@@H](O[C@H]5C[C@@H](O[C@H]6CCC(O[C@H]7C[C@@H](O)C(O[C@H]8CC[C@@H](O)[C@H](C)O8)[C@H](C)O7)[C@H](C)O6)[C@@H](OC(C)=O)[C@H](C)O5)[C@@H](C)C[C@H](C)[C@H]4[C@]3(C)C(O)=C3C(=O)OC4(CC(C=O)=C[C@@H](O)[C@@H]4C=C2C)C3=O)C[C@]1(C)[N+](=O)[O-]. The topological polar surface area (TPSA) is 341 Å². The molecule has 5 N–H and O–H groups in total. The minimum atomic E-state index is -2.20. The van der Waals surface area contributed by atoms with E-state index in [1.807, 2.05) is 39.8 Å². The lowest BCUT2D eigenvalue weighted by Gasteiger charge is -2.56. The highest BCUT2D eigenvalue weighted by atomic mass is 16.8. The highest BCUT2D eigenvalue weighted by Gasteiger charge is 2.65. The second kappa shape index (κ2) is 28.2. The van der Waals surface area contributed by atoms with Gasteiger partial charge in [-0.3, -0.25) is 24.5 Å². The number of hydrogen-bond acceptors (Lipinski definition) is 24. The zero-order chi connectivity index (χ0) is 67.5. The van der Waals surface area contributed by atoms with Crippen molar-refractivity contribution in [3.05, 3.63) is 68.5 Å². The molecule has 1 spiro atoms. The van der Waals surface area contributed by atoms with Crippen LogP contribution in [0.5, 0.6) is 0 Å². The summed E-state index contributed by atoms with van der Waals surface area (Å²) in [5.41, 5.74) is -4.91. The van der Waals surface area contributed by atoms with Gasteiger partial charge in [-0.2, -0.15) is 0 Å². The molecule has 2 bridgehead atoms. The molecule has 10 aliphatic rings. The summed E-state index contributed by atoms with van der Waals surface area (Å²) in [6, 6.07) is -1.12. The number of aldehydes is 1. The summed E-state index contributed by atoms with van der Waals surface area (Å²) >= 11 is 0. The van der Waals surface area contributed by atoms with Crippen LogP contribution in [-0.2, 0) is 80.8 Å². The van der Waals surface area contributed by atoms with E-state index in [-0.39, 0.29) is 43.1 Å². The number of Topliss-reactive ketones (excluding diaryl/α,β-unsaturated/α-hetero) is 1. The molecule has 26 nitrogen and oxygen atoms in total. The van der Waals surface area contributed by atoms with Crippen LogP contribution in [-0.4, -0.2) is 197 Å². The molecule has 29 atom stereocenters. The Balaban J connectivity index is 0.904. The number of carbonyl (C=O) groups excluding carboxylic acids is 5. The molecule has 0 aromatic rings. The zero-order valence-electron chi connectivity index (χ0n) is 55.4. The number of nitrogens with zero attached hydrogens (tertiary/aromatic N) is 1. The van der Waals surface area contributed by atoms with Gasteiger partial charge in [0.05, 0.1) is 86.6 Å². The summed E-state index contributed by atoms with van der Waals surface area (Å²) in [5.74, 6) is -6.46. The lowest BCUT2D eigenvalue weighted by molar-refractivity contribution is -0.584. The largest absolute Gasteiger partial charge is 0.511 e. The second-order valence-corrected chi connectivity index (χ2v) is 28.2. The maximum Gasteiger partial charge on any atom is 0.407 e. The first-order valence-corrected chi connectivity index (χ1v) is 33.1. The second-order valence-electron chi connectivity index (χ2n) is 28.2. The predicted octanol–water partition coefficient (Wildman–Crippen LogP) is 6.36. The van der Waals surface area contributed by atoms with E-state index in [2.05, 4.69) is 25.2 Å². The lowest BCUT2D eigenvalue weighted by atomic mass is 9.49. The van der Waals surface area contributed by atoms with Gasteiger partial charge in [-0.15, -0.1) is 0 Å². The van der Waals surface area contributed by atoms with Crippen LogP contribution in [0.1, 0.15) is 147 Å². The van der Waals surface area contributed by atoms with Crippen molar-refractivity contribution in [1.82, 2.24) is 5.32 Å². The minimum absolute atomic E-state index is 0.00196. The van der Waals surface area contributed by atoms with Crippen LogP contribution >= 0.6 is 0 Å². The quantitative estimate of drug-likeness (QED) is 0.0240. The first kappa shape index (κ1) is 70.7. The number of allylic oxidation sites excluding steroid dienone is 3. The van der Waals surface area contributed by atoms with E-state index in [9.17, 15) is 49.7 Å². The van der Waals surface area contributed by atoms with Crippen LogP contribution in [0.4, 0.5) is 4.79 Å². The van der Waals surface area contributed by atoms with Gasteiger partial charge >= 0.3 is 18.0 Å². The Morgan fingerprint density at radius 3 is 2.01 bits per heavy atom. The molecule has 1 amide bonds. The van der Waals surface area contributed by atoms with Gasteiger partial charge in [0.1, 0.15) is 35.9 Å². The van der Waals surface area contributed by atoms with Crippen molar-refractivity contribution in [2.24, 2.45) is 40.9 Å². The third-order valence-corrected chi connectivity index (χ3v) is 21.7. The molecule has 6 heterocycles. The fourth-order valence-electron chi connectivity index (χ4n) is 16.9. The van der Waals surface area contributed by atoms with Crippen molar-refractivity contribution in [1.29, 1.82) is 0 Å². The first-order valence-electron chi connectivity index (χ1n) is 33.1. The van der Waals surface area contributed by atoms with Gasteiger partial charge in [-0.25, -0.2) is 9.59 Å². The van der Waals surface area contributed by atoms with Crippen molar-refractivity contribution in [3.8, 4) is 0 Å². The Morgan fingerprint density at radius 2 is 1.35 bits per heavy atom. The van der Waals surface area contributed by atoms with Crippen LogP contribution < -0.4 is 5.32 Å². The number of alkyl carbamates (subject to hydrolysis) is 1. The number of amides is 1. The Kier molecular flexibility index (Phi) is 21.4. The van der Waals surface area contributed by atoms with Crippen molar-refractivity contribution in [3.63, 3.8) is 0 Å². The van der Waals surface area contributed by atoms with E-state index in [4.69, 9.17) is 61.6 Å². The number of nitrogens with one attached hydrogen (secondary N) is 1. The van der Waals surface area contributed by atoms with Crippen LogP contribution in [0.25, 0.3) is 0 Å². The Hall–Kier alpha value is -5.07. The molecule has 26 heteroatoms. The third-order valence-electron chi connectivity index (χ3n) is 21.7. The van der Waals surface area contributed by atoms with Crippen molar-refractivity contribution < 1.29 is 111 Å². The number of ether oxygens (including phenoxy) is 13. The number of methoxy groups -OCH3 is 1. The Morgan fingerprint density at radius 1 is 0.720 bits per heavy atom. The van der Waals surface area contributed by atoms with Gasteiger partial charge in [-0.05, 0) is 109 Å². The summed E-state index contributed by atoms with van der Waals surface area (Å²) < 4.78 is 81.5. The van der Waals surface area contributed by atoms with Gasteiger partial charge in [-0.1, -0.05) is 50.6 Å². The number of aliphatic hydroxyl groups is 4. The molecule has 6 saturated heterocycles. The molecule has 1 saturated carbocycles. The molecule has 93 heavy (non-hydrogen) atoms. The molecule has 518 valence electrons. The Bertz CT molecular complexity index is 2960. The monoisotopic (exact) mass is 1310 g/mol. The zero-order valence-corrected chi connectivity index (χ0v) is 55.4. The number of aliphatic hydroxyl groups excluding tert-OH is 4. The summed E-state index contributed by atoms with van der Waals surface area (Å²) in [6.07, 6.45) is -4.21. The number of carbonyl (C=O) groups is 5. The van der Waals surface area contributed by atoms with Crippen LogP contribution in [0.2, 0.25) is 0 Å². The average molecular weight is 1310 g/mol. The molecule has 0 radical (unpaired) electrons. The molecule has 4 aliphatic carbocycles. The molecule has 0 aromatic heterocycles. The van der Waals surface area contributed by atoms with Crippen molar-refractivity contribution in [2.45, 2.75) is 281 Å². The minimum Gasteiger partial charge on any atom is -0.511 e. The van der Waals surface area contributed by atoms with E-state index >= 15 is 4.79 Å². The van der Waals surface area contributed by atoms with Crippen LogP contribution in [0, 0.1) is 51.0 Å². The lowest BCUT2D eigenvalue weighted by Crippen LogP contribution is -2.65. The highest BCUT2D eigenvalue weighted by molar-refractivity contribution is 6.26. The molecular formula is C67H96N2O24. The van der Waals surface area contributed by atoms with E-state index in [1.165, 1.54) is 19.9 Å². The highest BCUT2D eigenvalue weighted by Crippen LogP contribution is 2.61. The van der Waals surface area contributed by atoms with Gasteiger partial charge in [0.15, 0.2) is 43.2 Å². The average Bonchev–Trinajstić information content (AvgIpc) is 1.68. The summed E-state index contributed by atoms with van der Waals surface area (Å²) in [5, 5.41) is 62.0. The van der Waals surface area contributed by atoms with E-state index in [1.54, 1.807) is 33.8 Å². The number of rotatable bonds is 14. The van der Waals surface area contributed by atoms with Crippen molar-refractivity contribution >= 4 is 30.1 Å². The predicted molar refractivity (Wildman–Crippen MR) is 325 cm³/mol. The fraction of sp³-hybridized carbons (Fsp3) is 0.776. The summed E-state index contributed by atoms with van der Waals surface area (Å²) in [4.78, 5) is 80.4. The van der Waals surface area contributed by atoms with E-state index in [0.29, 0.717) is 49.5 Å². The molecule has 10 rings (SSSR count). The standard InChI is InChI=1S/C67H96N2O24/c1-30-14-18-47(88-54-28-65(11,69(79)80)60(38(9)86-54)68-64(78)81-13)31(2)23-43-45(73)24-40(29-70)27-67(43)62(76)55(63(77)93-67)61(75)66(12)42(30)16-15-41-56(66)32(3)22-33(4)57(41)92-53-26-49(59(37(8)85-53)87-39(10)71)90-50-21-19-48(35(6)83-50)89-52-25-46(74)58(36(7)84-52)91-51-20-17-44(72)34(5)82-51/h14-16,23-24,29,32-38,41-54,56-60,72-75H,17-22,25-28H2,1-13H3,(H,68,78)/b30-14+,31-23?,61-55?/t32-,33-,34-,35-,36-,37-,38+,41-,42-,43-,44+,45+,46+,47-,48?,49+,50-,51-,52-,53-,54-,56+,57-,58?,59-,60-,65-,66+,67?/m0/s1. The van der Waals surface area contributed by atoms with Gasteiger partial charge in [0.25, 0.3) is 0 Å². The number of hydrogen-bond donors (Lipinski definition) is 5. The molecule has 3 unspecified atom stereocenters. The van der Waals surface area contributed by atoms with Crippen molar-refractivity contribution in [2.75, 3.05) is 7.11 Å². The number of nitro groups is 1. The number of esters is 2. The molecule has 0 aromatic carbocycles. The Labute approximate surface area is 542 Å². The normalized spacial score (nSPS) is 46.8. The maximum atomic E-state index is 15.6. The van der Waals surface area contributed by atoms with Gasteiger partial charge in [0.2, 0.25) is 11.3 Å². The fourth-order valence-corrected chi connectivity index (χ4v) is 16.9. The van der Waals surface area contributed by atoms with E-state index in [0.717, 1.165) is 7.11 Å². The maximum absolute atomic E-state index is 15.6.